The number of rotatable bonds is 6. The number of fused-ring (bicyclic) bond motifs is 1. The summed E-state index contributed by atoms with van der Waals surface area (Å²) in [5.41, 5.74) is 4.41. The molecule has 1 aromatic heterocycles. The third-order valence-corrected chi connectivity index (χ3v) is 7.67. The molecule has 1 amide bonds. The number of anilines is 1. The maximum absolute atomic E-state index is 13.8. The van der Waals surface area contributed by atoms with Crippen LogP contribution in [-0.4, -0.2) is 52.9 Å². The van der Waals surface area contributed by atoms with Crippen LogP contribution in [0.5, 0.6) is 5.75 Å². The molecule has 0 N–H and O–H groups in total. The molecule has 0 radical (unpaired) electrons. The van der Waals surface area contributed by atoms with Crippen LogP contribution in [0, 0.1) is 0 Å². The van der Waals surface area contributed by atoms with Crippen LogP contribution in [0.2, 0.25) is 5.02 Å². The molecule has 1 aliphatic heterocycles. The van der Waals surface area contributed by atoms with Crippen molar-refractivity contribution in [2.45, 2.75) is 25.4 Å². The molecule has 2 aliphatic rings. The number of halogens is 1. The number of nitrogens with zero attached hydrogens (tertiary/aromatic N) is 4. The fourth-order valence-electron chi connectivity index (χ4n) is 5.40. The monoisotopic (exact) mass is 540 g/mol. The van der Waals surface area contributed by atoms with Crippen molar-refractivity contribution in [3.8, 4) is 11.4 Å². The molecule has 6 rings (SSSR count). The van der Waals surface area contributed by atoms with Gasteiger partial charge >= 0.3 is 5.56 Å². The first-order chi connectivity index (χ1) is 19.0. The number of hydrogen-bond donors (Lipinski definition) is 0. The Morgan fingerprint density at radius 2 is 1.59 bits per heavy atom. The minimum Gasteiger partial charge on any atom is -0.482 e. The van der Waals surface area contributed by atoms with Crippen molar-refractivity contribution in [1.82, 2.24) is 14.7 Å². The van der Waals surface area contributed by atoms with E-state index in [0.717, 1.165) is 18.4 Å². The quantitative estimate of drug-likeness (QED) is 0.364. The summed E-state index contributed by atoms with van der Waals surface area (Å²) in [4.78, 5) is 30.7. The highest BCUT2D eigenvalue weighted by Gasteiger charge is 2.29. The Balaban J connectivity index is 1.25. The van der Waals surface area contributed by atoms with Crippen LogP contribution < -0.4 is 15.2 Å². The van der Waals surface area contributed by atoms with Gasteiger partial charge in [-0.05, 0) is 34.9 Å². The molecule has 0 saturated carbocycles. The minimum absolute atomic E-state index is 0.107. The van der Waals surface area contributed by atoms with Crippen LogP contribution in [0.4, 0.5) is 5.69 Å². The molecular weight excluding hydrogens is 512 g/mol. The normalized spacial score (nSPS) is 15.3. The first kappa shape index (κ1) is 25.2. The van der Waals surface area contributed by atoms with Crippen molar-refractivity contribution in [1.29, 1.82) is 0 Å². The van der Waals surface area contributed by atoms with Gasteiger partial charge in [-0.2, -0.15) is 9.78 Å². The van der Waals surface area contributed by atoms with Crippen LogP contribution in [0.25, 0.3) is 5.69 Å². The molecule has 2 heterocycles. The Hall–Kier alpha value is -4.10. The fraction of sp³-hybridized carbons (Fsp3) is 0.258. The lowest BCUT2D eigenvalue weighted by Crippen LogP contribution is -2.49. The molecule has 1 fully saturated rings. The van der Waals surface area contributed by atoms with Crippen LogP contribution in [0.1, 0.15) is 16.7 Å². The third kappa shape index (κ3) is 5.40. The second kappa shape index (κ2) is 10.9. The number of carbonyl (C=O) groups excluding carboxylic acids is 1. The van der Waals surface area contributed by atoms with E-state index < -0.39 is 0 Å². The number of aromatic nitrogens is 2. The summed E-state index contributed by atoms with van der Waals surface area (Å²) in [5, 5.41) is 5.02. The molecule has 0 spiro atoms. The molecule has 3 aromatic carbocycles. The molecule has 39 heavy (non-hydrogen) atoms. The van der Waals surface area contributed by atoms with Crippen molar-refractivity contribution in [3.05, 3.63) is 117 Å². The van der Waals surface area contributed by atoms with Crippen molar-refractivity contribution in [2.24, 2.45) is 0 Å². The van der Waals surface area contributed by atoms with Crippen molar-refractivity contribution >= 4 is 23.2 Å². The highest BCUT2D eigenvalue weighted by molar-refractivity contribution is 6.30. The van der Waals surface area contributed by atoms with E-state index in [0.29, 0.717) is 49.0 Å². The predicted octanol–water partition coefficient (Wildman–Crippen LogP) is 4.32. The summed E-state index contributed by atoms with van der Waals surface area (Å²) in [6.45, 7) is 2.31. The van der Waals surface area contributed by atoms with Crippen molar-refractivity contribution in [3.63, 3.8) is 0 Å². The summed E-state index contributed by atoms with van der Waals surface area (Å²) in [6, 6.07) is 25.1. The summed E-state index contributed by atoms with van der Waals surface area (Å²) in [5.74, 6) is 0.391. The summed E-state index contributed by atoms with van der Waals surface area (Å²) in [6.07, 6.45) is 3.43. The highest BCUT2D eigenvalue weighted by atomic mass is 35.5. The Kier molecular flexibility index (Phi) is 7.07. The zero-order chi connectivity index (χ0) is 26.8. The first-order valence-electron chi connectivity index (χ1n) is 13.2. The van der Waals surface area contributed by atoms with Crippen LogP contribution in [0.3, 0.4) is 0 Å². The maximum atomic E-state index is 13.8. The van der Waals surface area contributed by atoms with Crippen LogP contribution in [0.15, 0.2) is 89.9 Å². The highest BCUT2D eigenvalue weighted by Crippen LogP contribution is 2.30. The summed E-state index contributed by atoms with van der Waals surface area (Å²) >= 11 is 6.20. The lowest BCUT2D eigenvalue weighted by molar-refractivity contribution is -0.130. The molecule has 4 aromatic rings. The molecule has 8 heteroatoms. The van der Waals surface area contributed by atoms with Gasteiger partial charge < -0.3 is 14.5 Å². The Bertz CT molecular complexity index is 1520. The van der Waals surface area contributed by atoms with E-state index in [-0.39, 0.29) is 23.3 Å². The van der Waals surface area contributed by atoms with Gasteiger partial charge in [0.05, 0.1) is 18.3 Å². The van der Waals surface area contributed by atoms with E-state index in [9.17, 15) is 9.59 Å². The van der Waals surface area contributed by atoms with E-state index in [1.54, 1.807) is 30.5 Å². The van der Waals surface area contributed by atoms with Gasteiger partial charge in [-0.3, -0.25) is 9.59 Å². The summed E-state index contributed by atoms with van der Waals surface area (Å²) in [7, 11) is 0. The van der Waals surface area contributed by atoms with Crippen molar-refractivity contribution in [2.75, 3.05) is 31.1 Å². The lowest BCUT2D eigenvalue weighted by atomic mass is 10.1. The molecule has 198 valence electrons. The molecule has 0 unspecified atom stereocenters. The zero-order valence-corrected chi connectivity index (χ0v) is 22.3. The van der Waals surface area contributed by atoms with Gasteiger partial charge in [-0.25, -0.2) is 0 Å². The molecular formula is C31H29ClN4O3. The average Bonchev–Trinajstić information content (AvgIpc) is 3.37. The van der Waals surface area contributed by atoms with Gasteiger partial charge in [-0.1, -0.05) is 72.3 Å². The number of piperazine rings is 1. The molecule has 0 atom stereocenters. The number of amides is 1. The molecule has 7 nitrogen and oxygen atoms in total. The topological polar surface area (TPSA) is 67.7 Å². The first-order valence-corrected chi connectivity index (χ1v) is 13.6. The van der Waals surface area contributed by atoms with Gasteiger partial charge in [0, 0.05) is 44.0 Å². The molecule has 1 saturated heterocycles. The van der Waals surface area contributed by atoms with Crippen molar-refractivity contribution < 1.29 is 9.53 Å². The zero-order valence-electron chi connectivity index (χ0n) is 21.5. The lowest BCUT2D eigenvalue weighted by Gasteiger charge is -2.36. The predicted molar refractivity (Wildman–Crippen MR) is 152 cm³/mol. The number of ether oxygens (including phenoxy) is 1. The third-order valence-electron chi connectivity index (χ3n) is 7.44. The van der Waals surface area contributed by atoms with Crippen LogP contribution >= 0.6 is 11.6 Å². The maximum Gasteiger partial charge on any atom is 0.316 e. The number of carbonyl (C=O) groups is 1. The summed E-state index contributed by atoms with van der Waals surface area (Å²) < 4.78 is 7.83. The van der Waals surface area contributed by atoms with E-state index in [4.69, 9.17) is 16.3 Å². The van der Waals surface area contributed by atoms with E-state index in [1.807, 2.05) is 47.4 Å². The minimum atomic E-state index is -0.326. The number of hydrogen-bond acceptors (Lipinski definition) is 5. The standard InChI is InChI=1S/C31H29ClN4O3/c32-25-11-6-12-26(20-25)36-31(38)30(39-27-18-23-9-4-5-10-24(23)19-27)28(21-33-36)34-13-15-35(16-14-34)29(37)17-22-7-2-1-3-8-22/h1-12,20-21,27H,13-19H2. The average molecular weight is 541 g/mol. The Labute approximate surface area is 232 Å². The van der Waals surface area contributed by atoms with Gasteiger partial charge in [0.25, 0.3) is 0 Å². The molecule has 0 bridgehead atoms. The van der Waals surface area contributed by atoms with Gasteiger partial charge in [-0.15, -0.1) is 0 Å². The Morgan fingerprint density at radius 3 is 2.28 bits per heavy atom. The SMILES string of the molecule is O=C(Cc1ccccc1)N1CCN(c2cnn(-c3cccc(Cl)c3)c(=O)c2OC2Cc3ccccc3C2)CC1. The molecule has 1 aliphatic carbocycles. The fourth-order valence-corrected chi connectivity index (χ4v) is 5.59. The largest absolute Gasteiger partial charge is 0.482 e. The van der Waals surface area contributed by atoms with Gasteiger partial charge in [0.2, 0.25) is 11.7 Å². The number of benzene rings is 3. The Morgan fingerprint density at radius 1 is 0.897 bits per heavy atom. The smallest absolute Gasteiger partial charge is 0.316 e. The second-order valence-corrected chi connectivity index (χ2v) is 10.4. The van der Waals surface area contributed by atoms with E-state index in [1.165, 1.54) is 15.8 Å². The second-order valence-electron chi connectivity index (χ2n) is 10.0. The van der Waals surface area contributed by atoms with E-state index >= 15 is 0 Å². The van der Waals surface area contributed by atoms with Gasteiger partial charge in [0.15, 0.2) is 0 Å². The van der Waals surface area contributed by atoms with E-state index in [2.05, 4.69) is 22.1 Å². The van der Waals surface area contributed by atoms with Gasteiger partial charge in [0.1, 0.15) is 11.8 Å². The van der Waals surface area contributed by atoms with Crippen LogP contribution in [-0.2, 0) is 24.1 Å².